The number of amides is 1. The van der Waals surface area contributed by atoms with Crippen LogP contribution in [0.4, 0.5) is 0 Å². The highest BCUT2D eigenvalue weighted by molar-refractivity contribution is 7.17. The Kier molecular flexibility index (Phi) is 6.23. The number of thiophene rings is 1. The Balaban J connectivity index is 1.26. The maximum atomic E-state index is 11.5. The second-order valence-corrected chi connectivity index (χ2v) is 7.61. The molecule has 1 aromatic carbocycles. The van der Waals surface area contributed by atoms with E-state index >= 15 is 0 Å². The summed E-state index contributed by atoms with van der Waals surface area (Å²) in [5, 5.41) is 16.6. The number of hydrogen-bond donors (Lipinski definition) is 3. The summed E-state index contributed by atoms with van der Waals surface area (Å²) < 4.78 is 1.85. The average Bonchev–Trinajstić information content (AvgIpc) is 3.47. The highest BCUT2D eigenvalue weighted by atomic mass is 32.1. The number of aromatic nitrogens is 4. The molecule has 9 heteroatoms. The van der Waals surface area contributed by atoms with Crippen molar-refractivity contribution in [2.24, 2.45) is 0 Å². The van der Waals surface area contributed by atoms with Gasteiger partial charge < -0.3 is 5.32 Å². The van der Waals surface area contributed by atoms with Gasteiger partial charge in [-0.2, -0.15) is 5.10 Å². The summed E-state index contributed by atoms with van der Waals surface area (Å²) in [5.41, 5.74) is 4.45. The Morgan fingerprint density at radius 2 is 1.87 bits per heavy atom. The molecule has 0 fully saturated rings. The lowest BCUT2D eigenvalue weighted by Crippen LogP contribution is -2.20. The molecular formula is C21H20N6O2S. The Morgan fingerprint density at radius 3 is 2.63 bits per heavy atom. The summed E-state index contributed by atoms with van der Waals surface area (Å²) in [4.78, 5) is 21.6. The molecule has 0 bridgehead atoms. The Labute approximate surface area is 177 Å². The molecule has 8 nitrogen and oxygen atoms in total. The second-order valence-electron chi connectivity index (χ2n) is 6.53. The lowest BCUT2D eigenvalue weighted by molar-refractivity contribution is 0.0711. The van der Waals surface area contributed by atoms with Crippen LogP contribution < -0.4 is 10.8 Å². The smallest absolute Gasteiger partial charge is 0.284 e. The van der Waals surface area contributed by atoms with Crippen LogP contribution in [0.3, 0.4) is 0 Å². The molecular weight excluding hydrogens is 400 g/mol. The molecule has 0 aliphatic carbocycles. The fraction of sp³-hybridized carbons (Fsp3) is 0.143. The van der Waals surface area contributed by atoms with Crippen molar-refractivity contribution in [3.8, 4) is 22.0 Å². The van der Waals surface area contributed by atoms with Gasteiger partial charge in [0.15, 0.2) is 5.82 Å². The maximum absolute atomic E-state index is 11.5. The zero-order chi connectivity index (χ0) is 20.8. The molecule has 3 N–H and O–H groups in total. The molecule has 0 aliphatic rings. The largest absolute Gasteiger partial charge is 0.311 e. The molecule has 4 aromatic rings. The van der Waals surface area contributed by atoms with Crippen molar-refractivity contribution < 1.29 is 10.0 Å². The summed E-state index contributed by atoms with van der Waals surface area (Å²) in [6.45, 7) is 2.12. The molecule has 0 radical (unpaired) electrons. The lowest BCUT2D eigenvalue weighted by atomic mass is 10.2. The van der Waals surface area contributed by atoms with Crippen molar-refractivity contribution in [3.63, 3.8) is 0 Å². The molecule has 3 heterocycles. The molecule has 152 valence electrons. The fourth-order valence-corrected chi connectivity index (χ4v) is 3.74. The van der Waals surface area contributed by atoms with Crippen molar-refractivity contribution in [2.75, 3.05) is 6.54 Å². The van der Waals surface area contributed by atoms with Crippen LogP contribution in [0.1, 0.15) is 15.2 Å². The average molecular weight is 420 g/mol. The summed E-state index contributed by atoms with van der Waals surface area (Å²) in [5.74, 6) is 0.201. The monoisotopic (exact) mass is 420 g/mol. The van der Waals surface area contributed by atoms with Gasteiger partial charge in [-0.1, -0.05) is 30.3 Å². The number of nitrogens with one attached hydrogen (secondary N) is 2. The van der Waals surface area contributed by atoms with Crippen LogP contribution in [0.5, 0.6) is 0 Å². The number of hydrogen-bond acceptors (Lipinski definition) is 7. The molecule has 0 unspecified atom stereocenters. The van der Waals surface area contributed by atoms with Gasteiger partial charge in [0.1, 0.15) is 5.69 Å². The molecule has 3 aromatic heterocycles. The van der Waals surface area contributed by atoms with Crippen molar-refractivity contribution in [1.29, 1.82) is 0 Å². The summed E-state index contributed by atoms with van der Waals surface area (Å²) in [6, 6.07) is 15.3. The van der Waals surface area contributed by atoms with E-state index in [-0.39, 0.29) is 0 Å². The molecule has 0 spiro atoms. The fourth-order valence-electron chi connectivity index (χ4n) is 2.88. The minimum absolute atomic E-state index is 0.434. The van der Waals surface area contributed by atoms with Gasteiger partial charge in [0, 0.05) is 42.8 Å². The molecule has 30 heavy (non-hydrogen) atoms. The van der Waals surface area contributed by atoms with Gasteiger partial charge >= 0.3 is 0 Å². The van der Waals surface area contributed by atoms with Crippen LogP contribution in [-0.2, 0) is 13.1 Å². The topological polar surface area (TPSA) is 105 Å². The van der Waals surface area contributed by atoms with Gasteiger partial charge in [-0.05, 0) is 18.2 Å². The lowest BCUT2D eigenvalue weighted by Gasteiger charge is -2.06. The van der Waals surface area contributed by atoms with Crippen LogP contribution in [0.15, 0.2) is 67.1 Å². The molecule has 0 aliphatic heterocycles. The van der Waals surface area contributed by atoms with E-state index in [9.17, 15) is 4.79 Å². The van der Waals surface area contributed by atoms with Crippen LogP contribution in [0, 0.1) is 0 Å². The third kappa shape index (κ3) is 4.77. The van der Waals surface area contributed by atoms with Crippen LogP contribution in [-0.4, -0.2) is 37.4 Å². The second kappa shape index (κ2) is 9.40. The quantitative estimate of drug-likeness (QED) is 0.230. The zero-order valence-corrected chi connectivity index (χ0v) is 16.8. The van der Waals surface area contributed by atoms with Gasteiger partial charge in [-0.15, -0.1) is 11.3 Å². The first kappa shape index (κ1) is 19.9. The van der Waals surface area contributed by atoms with Crippen molar-refractivity contribution in [3.05, 3.63) is 77.6 Å². The molecule has 0 saturated carbocycles. The van der Waals surface area contributed by atoms with Crippen LogP contribution >= 0.6 is 11.3 Å². The Morgan fingerprint density at radius 1 is 1.07 bits per heavy atom. The Hall–Kier alpha value is -3.40. The predicted molar refractivity (Wildman–Crippen MR) is 114 cm³/mol. The number of carbonyl (C=O) groups is 1. The summed E-state index contributed by atoms with van der Waals surface area (Å²) in [6.07, 6.45) is 5.58. The molecule has 4 rings (SSSR count). The van der Waals surface area contributed by atoms with Crippen LogP contribution in [0.25, 0.3) is 22.0 Å². The van der Waals surface area contributed by atoms with E-state index in [1.165, 1.54) is 11.3 Å². The van der Waals surface area contributed by atoms with Gasteiger partial charge in [0.25, 0.3) is 5.91 Å². The van der Waals surface area contributed by atoms with Gasteiger partial charge in [-0.25, -0.2) is 15.4 Å². The highest BCUT2D eigenvalue weighted by Gasteiger charge is 2.11. The molecule has 0 saturated heterocycles. The zero-order valence-electron chi connectivity index (χ0n) is 16.0. The van der Waals surface area contributed by atoms with Gasteiger partial charge in [0.2, 0.25) is 0 Å². The number of rotatable bonds is 8. The first-order chi connectivity index (χ1) is 14.7. The maximum Gasteiger partial charge on any atom is 0.284 e. The minimum Gasteiger partial charge on any atom is -0.311 e. The van der Waals surface area contributed by atoms with Crippen LogP contribution in [0.2, 0.25) is 0 Å². The number of hydroxylamine groups is 1. The number of benzene rings is 1. The molecule has 0 atom stereocenters. The first-order valence-electron chi connectivity index (χ1n) is 9.38. The first-order valence-corrected chi connectivity index (χ1v) is 10.2. The van der Waals surface area contributed by atoms with Crippen molar-refractivity contribution in [1.82, 2.24) is 30.5 Å². The van der Waals surface area contributed by atoms with E-state index in [2.05, 4.69) is 20.4 Å². The SMILES string of the molecule is O=C(NO)c1ccc(-c2ccn(CCNCc3cnc(-c4ccccc4)nc3)n2)s1. The normalized spacial score (nSPS) is 10.8. The third-order valence-corrected chi connectivity index (χ3v) is 5.52. The van der Waals surface area contributed by atoms with Gasteiger partial charge in [0.05, 0.1) is 16.3 Å². The van der Waals surface area contributed by atoms with Crippen molar-refractivity contribution >= 4 is 17.2 Å². The van der Waals surface area contributed by atoms with E-state index in [1.807, 2.05) is 65.7 Å². The highest BCUT2D eigenvalue weighted by Crippen LogP contribution is 2.26. The van der Waals surface area contributed by atoms with Gasteiger partial charge in [-0.3, -0.25) is 14.7 Å². The predicted octanol–water partition coefficient (Wildman–Crippen LogP) is 2.98. The molecule has 1 amide bonds. The van der Waals surface area contributed by atoms with E-state index in [0.29, 0.717) is 18.0 Å². The van der Waals surface area contributed by atoms with E-state index in [4.69, 9.17) is 5.21 Å². The summed E-state index contributed by atoms with van der Waals surface area (Å²) >= 11 is 1.28. The third-order valence-electron chi connectivity index (χ3n) is 4.41. The summed E-state index contributed by atoms with van der Waals surface area (Å²) in [7, 11) is 0. The number of carbonyl (C=O) groups excluding carboxylic acids is 1. The minimum atomic E-state index is -0.518. The Bertz CT molecular complexity index is 1110. The van der Waals surface area contributed by atoms with E-state index in [1.54, 1.807) is 11.5 Å². The standard InChI is InChI=1S/C21H20N6O2S/c28-21(26-29)19-7-6-18(30-19)17-8-10-27(25-17)11-9-22-12-15-13-23-20(24-14-15)16-4-2-1-3-5-16/h1-8,10,13-14,22,29H,9,11-12H2,(H,26,28). The van der Waals surface area contributed by atoms with Crippen molar-refractivity contribution in [2.45, 2.75) is 13.1 Å². The number of nitrogens with zero attached hydrogens (tertiary/aromatic N) is 4. The van der Waals surface area contributed by atoms with E-state index < -0.39 is 5.91 Å². The van der Waals surface area contributed by atoms with E-state index in [0.717, 1.165) is 34.1 Å².